The number of H-pyrrole nitrogens is 2. The fourth-order valence-electron chi connectivity index (χ4n) is 4.18. The van der Waals surface area contributed by atoms with E-state index in [9.17, 15) is 4.79 Å². The molecule has 0 radical (unpaired) electrons. The van der Waals surface area contributed by atoms with E-state index < -0.39 is 0 Å². The summed E-state index contributed by atoms with van der Waals surface area (Å²) in [6, 6.07) is 24.1. The van der Waals surface area contributed by atoms with E-state index in [-0.39, 0.29) is 5.69 Å². The van der Waals surface area contributed by atoms with Crippen molar-refractivity contribution in [3.8, 4) is 16.9 Å². The zero-order valence-corrected chi connectivity index (χ0v) is 17.6. The summed E-state index contributed by atoms with van der Waals surface area (Å²) in [7, 11) is 0. The number of nitrogens with one attached hydrogen (secondary N) is 3. The average Bonchev–Trinajstić information content (AvgIpc) is 3.46. The molecule has 0 fully saturated rings. The van der Waals surface area contributed by atoms with Gasteiger partial charge in [0.2, 0.25) is 0 Å². The molecule has 0 spiro atoms. The van der Waals surface area contributed by atoms with Gasteiger partial charge in [-0.2, -0.15) is 0 Å². The Labute approximate surface area is 188 Å². The Hall–Kier alpha value is -4.65. The molecule has 3 N–H and O–H groups in total. The van der Waals surface area contributed by atoms with Crippen LogP contribution in [-0.2, 0) is 6.54 Å². The number of hydrogen-bond acceptors (Lipinski definition) is 4. The Balaban J connectivity index is 1.53. The summed E-state index contributed by atoms with van der Waals surface area (Å²) in [6.07, 6.45) is 5.21. The average molecular weight is 432 g/mol. The second kappa shape index (κ2) is 7.80. The molecule has 0 saturated carbocycles. The van der Waals surface area contributed by atoms with Crippen molar-refractivity contribution < 1.29 is 0 Å². The van der Waals surface area contributed by atoms with E-state index in [0.717, 1.165) is 44.3 Å². The molecule has 3 aromatic carbocycles. The van der Waals surface area contributed by atoms with Gasteiger partial charge in [0.25, 0.3) is 0 Å². The molecule has 160 valence electrons. The van der Waals surface area contributed by atoms with Crippen molar-refractivity contribution in [2.45, 2.75) is 6.54 Å². The number of nitrogens with zero attached hydrogens (tertiary/aromatic N) is 3. The Bertz CT molecular complexity index is 1640. The molecule has 0 atom stereocenters. The largest absolute Gasteiger partial charge is 0.366 e. The van der Waals surface area contributed by atoms with Crippen LogP contribution in [0.2, 0.25) is 0 Å². The van der Waals surface area contributed by atoms with Crippen molar-refractivity contribution in [1.29, 1.82) is 0 Å². The van der Waals surface area contributed by atoms with Gasteiger partial charge in [0.05, 0.1) is 28.7 Å². The van der Waals surface area contributed by atoms with Crippen LogP contribution in [0.25, 0.3) is 38.8 Å². The second-order valence-electron chi connectivity index (χ2n) is 7.87. The molecule has 6 rings (SSSR count). The van der Waals surface area contributed by atoms with E-state index in [0.29, 0.717) is 12.4 Å². The second-order valence-corrected chi connectivity index (χ2v) is 7.87. The quantitative estimate of drug-likeness (QED) is 0.362. The third-order valence-corrected chi connectivity index (χ3v) is 5.77. The molecule has 0 unspecified atom stereocenters. The Morgan fingerprint density at radius 2 is 1.85 bits per heavy atom. The van der Waals surface area contributed by atoms with E-state index in [1.165, 1.54) is 0 Å². The maximum atomic E-state index is 13.2. The van der Waals surface area contributed by atoms with Crippen molar-refractivity contribution in [1.82, 2.24) is 24.5 Å². The molecular weight excluding hydrogens is 412 g/mol. The summed E-state index contributed by atoms with van der Waals surface area (Å²) < 4.78 is 1.70. The van der Waals surface area contributed by atoms with Crippen molar-refractivity contribution in [2.75, 3.05) is 5.32 Å². The number of aromatic amines is 2. The maximum absolute atomic E-state index is 13.2. The number of fused-ring (bicyclic) bond motifs is 2. The number of rotatable bonds is 5. The standard InChI is InChI=1S/C26H20N6O/c33-26-31-25(28-15-17-4-3-11-27-14-17)24(20-8-7-18-5-1-2-6-19(18)12-20)32(26)21-9-10-22-23(13-21)30-16-29-22/h1-14,16,28H,15H2,(H,29,30)(H,31,33). The molecule has 33 heavy (non-hydrogen) atoms. The molecule has 7 heteroatoms. The highest BCUT2D eigenvalue weighted by atomic mass is 16.1. The Morgan fingerprint density at radius 1 is 0.939 bits per heavy atom. The number of anilines is 1. The smallest absolute Gasteiger partial charge is 0.332 e. The topological polar surface area (TPSA) is 91.4 Å². The molecule has 0 aliphatic rings. The monoisotopic (exact) mass is 432 g/mol. The number of imidazole rings is 2. The van der Waals surface area contributed by atoms with Crippen molar-refractivity contribution in [3.05, 3.63) is 108 Å². The molecule has 6 aromatic rings. The number of benzene rings is 3. The van der Waals surface area contributed by atoms with Crippen LogP contribution in [0, 0.1) is 0 Å². The zero-order chi connectivity index (χ0) is 22.2. The first-order valence-corrected chi connectivity index (χ1v) is 10.7. The van der Waals surface area contributed by atoms with Crippen molar-refractivity contribution in [2.24, 2.45) is 0 Å². The van der Waals surface area contributed by atoms with Crippen LogP contribution in [0.3, 0.4) is 0 Å². The molecule has 0 bridgehead atoms. The summed E-state index contributed by atoms with van der Waals surface area (Å²) in [5.41, 5.74) is 4.99. The molecule has 7 nitrogen and oxygen atoms in total. The molecule has 0 saturated heterocycles. The molecule has 0 aliphatic heterocycles. The van der Waals surface area contributed by atoms with Gasteiger partial charge in [-0.1, -0.05) is 42.5 Å². The van der Waals surface area contributed by atoms with Gasteiger partial charge in [0.15, 0.2) is 0 Å². The highest BCUT2D eigenvalue weighted by Gasteiger charge is 2.18. The van der Waals surface area contributed by atoms with Crippen LogP contribution >= 0.6 is 0 Å². The predicted molar refractivity (Wildman–Crippen MR) is 131 cm³/mol. The first-order valence-electron chi connectivity index (χ1n) is 10.7. The minimum Gasteiger partial charge on any atom is -0.366 e. The van der Waals surface area contributed by atoms with E-state index in [2.05, 4.69) is 49.5 Å². The summed E-state index contributed by atoms with van der Waals surface area (Å²) in [4.78, 5) is 27.8. The van der Waals surface area contributed by atoms with Crippen LogP contribution in [0.4, 0.5) is 5.82 Å². The highest BCUT2D eigenvalue weighted by molar-refractivity contribution is 5.89. The summed E-state index contributed by atoms with van der Waals surface area (Å²) in [5, 5.41) is 5.66. The van der Waals surface area contributed by atoms with E-state index in [1.807, 2.05) is 54.7 Å². The number of pyridine rings is 1. The lowest BCUT2D eigenvalue weighted by Crippen LogP contribution is -2.15. The van der Waals surface area contributed by atoms with Crippen LogP contribution in [0.5, 0.6) is 0 Å². The number of hydrogen-bond donors (Lipinski definition) is 3. The van der Waals surface area contributed by atoms with Gasteiger partial charge in [-0.05, 0) is 46.7 Å². The molecule has 0 amide bonds. The summed E-state index contributed by atoms with van der Waals surface area (Å²) in [6.45, 7) is 0.536. The maximum Gasteiger partial charge on any atom is 0.332 e. The first kappa shape index (κ1) is 19.1. The summed E-state index contributed by atoms with van der Waals surface area (Å²) in [5.74, 6) is 0.656. The number of aromatic nitrogens is 5. The van der Waals surface area contributed by atoms with Gasteiger partial charge in [0.1, 0.15) is 5.82 Å². The third-order valence-electron chi connectivity index (χ3n) is 5.77. The lowest BCUT2D eigenvalue weighted by Gasteiger charge is -2.12. The zero-order valence-electron chi connectivity index (χ0n) is 17.6. The van der Waals surface area contributed by atoms with Gasteiger partial charge in [-0.25, -0.2) is 9.78 Å². The Morgan fingerprint density at radius 3 is 2.73 bits per heavy atom. The van der Waals surface area contributed by atoms with Crippen LogP contribution in [0.15, 0.2) is 96.3 Å². The van der Waals surface area contributed by atoms with Crippen LogP contribution in [-0.4, -0.2) is 24.5 Å². The van der Waals surface area contributed by atoms with Gasteiger partial charge in [-0.3, -0.25) is 14.5 Å². The van der Waals surface area contributed by atoms with Gasteiger partial charge >= 0.3 is 5.69 Å². The van der Waals surface area contributed by atoms with E-state index in [1.54, 1.807) is 17.1 Å². The minimum absolute atomic E-state index is 0.217. The highest BCUT2D eigenvalue weighted by Crippen LogP contribution is 2.31. The molecular formula is C26H20N6O. The van der Waals surface area contributed by atoms with Crippen molar-refractivity contribution >= 4 is 27.6 Å². The van der Waals surface area contributed by atoms with Gasteiger partial charge < -0.3 is 10.3 Å². The van der Waals surface area contributed by atoms with Gasteiger partial charge in [0, 0.05) is 24.5 Å². The van der Waals surface area contributed by atoms with E-state index >= 15 is 0 Å². The van der Waals surface area contributed by atoms with Crippen LogP contribution < -0.4 is 11.0 Å². The summed E-state index contributed by atoms with van der Waals surface area (Å²) >= 11 is 0. The van der Waals surface area contributed by atoms with E-state index in [4.69, 9.17) is 0 Å². The third kappa shape index (κ3) is 3.45. The van der Waals surface area contributed by atoms with Gasteiger partial charge in [-0.15, -0.1) is 0 Å². The lowest BCUT2D eigenvalue weighted by molar-refractivity contribution is 0.994. The minimum atomic E-state index is -0.217. The Kier molecular flexibility index (Phi) is 4.51. The predicted octanol–water partition coefficient (Wildman–Crippen LogP) is 4.87. The fraction of sp³-hybridized carbons (Fsp3) is 0.0385. The first-order chi connectivity index (χ1) is 16.3. The SMILES string of the molecule is O=c1[nH]c(NCc2cccnc2)c(-c2ccc3ccccc3c2)n1-c1ccc2nc[nH]c2c1. The molecule has 0 aliphatic carbocycles. The lowest BCUT2D eigenvalue weighted by atomic mass is 10.0. The fourth-order valence-corrected chi connectivity index (χ4v) is 4.18. The normalized spacial score (nSPS) is 11.3. The molecule has 3 aromatic heterocycles. The van der Waals surface area contributed by atoms with Crippen molar-refractivity contribution in [3.63, 3.8) is 0 Å². The van der Waals surface area contributed by atoms with Crippen LogP contribution in [0.1, 0.15) is 5.56 Å². The molecule has 3 heterocycles.